The summed E-state index contributed by atoms with van der Waals surface area (Å²) in [6.07, 6.45) is 5.50. The van der Waals surface area contributed by atoms with Gasteiger partial charge in [0.2, 0.25) is 0 Å². The van der Waals surface area contributed by atoms with E-state index in [1.807, 2.05) is 22.2 Å². The predicted octanol–water partition coefficient (Wildman–Crippen LogP) is 1.56. The van der Waals surface area contributed by atoms with E-state index in [4.69, 9.17) is 4.42 Å². The zero-order valence-corrected chi connectivity index (χ0v) is 13.8. The van der Waals surface area contributed by atoms with Gasteiger partial charge in [0.15, 0.2) is 10.9 Å². The maximum atomic E-state index is 10.4. The Morgan fingerprint density at radius 1 is 1.52 bits per heavy atom. The Bertz CT molecular complexity index is 759. The number of thiazole rings is 1. The molecule has 3 N–H and O–H groups in total. The summed E-state index contributed by atoms with van der Waals surface area (Å²) in [7, 11) is 1.68. The van der Waals surface area contributed by atoms with E-state index in [2.05, 4.69) is 20.6 Å². The third kappa shape index (κ3) is 3.54. The minimum atomic E-state index is -1.11. The number of imidazole rings is 1. The highest BCUT2D eigenvalue weighted by Gasteiger charge is 2.26. The highest BCUT2D eigenvalue weighted by molar-refractivity contribution is 7.15. The quantitative estimate of drug-likeness (QED) is 0.487. The number of aliphatic hydroxyl groups is 1. The minimum Gasteiger partial charge on any atom is -0.466 e. The second-order valence-corrected chi connectivity index (χ2v) is 6.23. The average Bonchev–Trinajstić information content (AvgIpc) is 3.24. The fourth-order valence-corrected chi connectivity index (χ4v) is 2.90. The van der Waals surface area contributed by atoms with E-state index in [0.717, 1.165) is 10.7 Å². The van der Waals surface area contributed by atoms with Crippen molar-refractivity contribution >= 4 is 22.3 Å². The van der Waals surface area contributed by atoms with Crippen molar-refractivity contribution < 1.29 is 9.52 Å². The first-order valence-corrected chi connectivity index (χ1v) is 8.08. The number of nitrogens with one attached hydrogen (secondary N) is 2. The monoisotopic (exact) mass is 333 g/mol. The molecule has 0 saturated carbocycles. The molecule has 0 fully saturated rings. The van der Waals surface area contributed by atoms with Gasteiger partial charge in [0.05, 0.1) is 25.0 Å². The number of hydrogen-bond donors (Lipinski definition) is 3. The number of fused-ring (bicyclic) bond motifs is 1. The van der Waals surface area contributed by atoms with E-state index in [0.29, 0.717) is 18.3 Å². The Balaban J connectivity index is 1.55. The van der Waals surface area contributed by atoms with Crippen molar-refractivity contribution in [3.63, 3.8) is 0 Å². The molecule has 0 aliphatic rings. The molecular weight excluding hydrogens is 314 g/mol. The molecule has 0 bridgehead atoms. The molecule has 3 aromatic heterocycles. The molecule has 1 atom stereocenters. The van der Waals surface area contributed by atoms with Crippen molar-refractivity contribution in [2.75, 3.05) is 13.6 Å². The van der Waals surface area contributed by atoms with Crippen LogP contribution in [0.25, 0.3) is 4.96 Å². The lowest BCUT2D eigenvalue weighted by Crippen LogP contribution is -2.44. The molecule has 0 aliphatic heterocycles. The van der Waals surface area contributed by atoms with Gasteiger partial charge in [0, 0.05) is 24.8 Å². The summed E-state index contributed by atoms with van der Waals surface area (Å²) >= 11 is 1.59. The summed E-state index contributed by atoms with van der Waals surface area (Å²) in [5, 5.41) is 18.7. The van der Waals surface area contributed by atoms with Gasteiger partial charge in [-0.3, -0.25) is 9.39 Å². The number of rotatable bonds is 5. The Labute approximate surface area is 137 Å². The van der Waals surface area contributed by atoms with Crippen LogP contribution in [0.4, 0.5) is 0 Å². The highest BCUT2D eigenvalue weighted by Crippen LogP contribution is 2.19. The van der Waals surface area contributed by atoms with Crippen LogP contribution in [0.3, 0.4) is 0 Å². The second kappa shape index (κ2) is 6.43. The third-order valence-corrected chi connectivity index (χ3v) is 4.23. The normalized spacial score (nSPS) is 14.8. The van der Waals surface area contributed by atoms with E-state index < -0.39 is 5.60 Å². The number of aromatic nitrogens is 2. The molecule has 122 valence electrons. The molecule has 0 aliphatic carbocycles. The Hall–Kier alpha value is -2.32. The summed E-state index contributed by atoms with van der Waals surface area (Å²) in [6.45, 7) is 2.52. The van der Waals surface area contributed by atoms with Crippen molar-refractivity contribution in [3.05, 3.63) is 47.6 Å². The van der Waals surface area contributed by atoms with Gasteiger partial charge in [-0.1, -0.05) is 0 Å². The lowest BCUT2D eigenvalue weighted by Gasteiger charge is -2.22. The molecule has 7 nitrogen and oxygen atoms in total. The molecule has 3 rings (SSSR count). The number of aliphatic imine (C=N–C) groups is 1. The van der Waals surface area contributed by atoms with Gasteiger partial charge in [-0.15, -0.1) is 11.3 Å². The van der Waals surface area contributed by atoms with Crippen molar-refractivity contribution in [1.29, 1.82) is 0 Å². The summed E-state index contributed by atoms with van der Waals surface area (Å²) in [5.41, 5.74) is -0.185. The lowest BCUT2D eigenvalue weighted by atomic mass is 10.0. The molecule has 3 heterocycles. The van der Waals surface area contributed by atoms with Crippen molar-refractivity contribution in [2.24, 2.45) is 4.99 Å². The first-order chi connectivity index (χ1) is 11.1. The fraction of sp³-hybridized carbons (Fsp3) is 0.333. The Morgan fingerprint density at radius 2 is 2.39 bits per heavy atom. The molecule has 8 heteroatoms. The van der Waals surface area contributed by atoms with Gasteiger partial charge in [-0.25, -0.2) is 4.98 Å². The maximum Gasteiger partial charge on any atom is 0.193 e. The zero-order valence-electron chi connectivity index (χ0n) is 13.0. The molecular formula is C15H19N5O2S. The van der Waals surface area contributed by atoms with E-state index in [9.17, 15) is 5.11 Å². The smallest absolute Gasteiger partial charge is 0.193 e. The topological polar surface area (TPSA) is 87.1 Å². The van der Waals surface area contributed by atoms with E-state index in [1.54, 1.807) is 43.7 Å². The van der Waals surface area contributed by atoms with Crippen LogP contribution >= 0.6 is 11.3 Å². The van der Waals surface area contributed by atoms with Gasteiger partial charge in [-0.2, -0.15) is 0 Å². The van der Waals surface area contributed by atoms with Crippen LogP contribution in [0.1, 0.15) is 18.4 Å². The number of furan rings is 1. The van der Waals surface area contributed by atoms with Crippen molar-refractivity contribution in [3.8, 4) is 0 Å². The summed E-state index contributed by atoms with van der Waals surface area (Å²) in [4.78, 5) is 9.61. The van der Waals surface area contributed by atoms with Crippen LogP contribution < -0.4 is 10.6 Å². The molecule has 0 aromatic carbocycles. The van der Waals surface area contributed by atoms with Crippen LogP contribution in [0.15, 0.2) is 45.6 Å². The van der Waals surface area contributed by atoms with Crippen LogP contribution in [0, 0.1) is 0 Å². The molecule has 23 heavy (non-hydrogen) atoms. The first-order valence-electron chi connectivity index (χ1n) is 7.20. The summed E-state index contributed by atoms with van der Waals surface area (Å²) in [6, 6.07) is 3.50. The summed E-state index contributed by atoms with van der Waals surface area (Å²) < 4.78 is 7.24. The van der Waals surface area contributed by atoms with E-state index in [1.165, 1.54) is 0 Å². The van der Waals surface area contributed by atoms with Crippen molar-refractivity contribution in [1.82, 2.24) is 20.0 Å². The Morgan fingerprint density at radius 3 is 3.09 bits per heavy atom. The van der Waals surface area contributed by atoms with Gasteiger partial charge in [0.1, 0.15) is 11.4 Å². The minimum absolute atomic E-state index is 0.276. The number of guanidine groups is 1. The van der Waals surface area contributed by atoms with E-state index >= 15 is 0 Å². The number of nitrogens with zero attached hydrogens (tertiary/aromatic N) is 3. The van der Waals surface area contributed by atoms with Crippen molar-refractivity contribution in [2.45, 2.75) is 19.1 Å². The second-order valence-electron chi connectivity index (χ2n) is 5.36. The van der Waals surface area contributed by atoms with Crippen LogP contribution in [0.5, 0.6) is 0 Å². The van der Waals surface area contributed by atoms with Crippen LogP contribution in [-0.2, 0) is 12.1 Å². The highest BCUT2D eigenvalue weighted by atomic mass is 32.1. The molecule has 0 amide bonds. The summed E-state index contributed by atoms with van der Waals surface area (Å²) in [5.74, 6) is 1.10. The average molecular weight is 333 g/mol. The number of hydrogen-bond acceptors (Lipinski definition) is 5. The molecule has 3 aromatic rings. The largest absolute Gasteiger partial charge is 0.466 e. The van der Waals surface area contributed by atoms with Gasteiger partial charge < -0.3 is 20.2 Å². The molecule has 0 spiro atoms. The van der Waals surface area contributed by atoms with Crippen LogP contribution in [-0.4, -0.2) is 34.0 Å². The maximum absolute atomic E-state index is 10.4. The lowest BCUT2D eigenvalue weighted by molar-refractivity contribution is 0.0386. The van der Waals surface area contributed by atoms with Gasteiger partial charge in [-0.05, 0) is 19.1 Å². The molecule has 0 saturated heterocycles. The fourth-order valence-electron chi connectivity index (χ4n) is 2.18. The Kier molecular flexibility index (Phi) is 4.35. The molecule has 1 unspecified atom stereocenters. The van der Waals surface area contributed by atoms with Crippen LogP contribution in [0.2, 0.25) is 0 Å². The first kappa shape index (κ1) is 15.6. The predicted molar refractivity (Wildman–Crippen MR) is 89.5 cm³/mol. The van der Waals surface area contributed by atoms with Gasteiger partial charge in [0.25, 0.3) is 0 Å². The van der Waals surface area contributed by atoms with Gasteiger partial charge >= 0.3 is 0 Å². The molecule has 0 radical (unpaired) electrons. The van der Waals surface area contributed by atoms with E-state index in [-0.39, 0.29) is 6.54 Å². The SMILES string of the molecule is CN=C(NCc1cn2ccsc2n1)NCC(C)(O)c1ccco1. The third-order valence-electron chi connectivity index (χ3n) is 3.46. The zero-order chi connectivity index (χ0) is 16.3. The standard InChI is InChI=1S/C15H19N5O2S/c1-15(21,12-4-3-6-22-12)10-18-13(16-2)17-8-11-9-20-5-7-23-14(20)19-11/h3-7,9,21H,8,10H2,1-2H3,(H2,16,17,18).